The Hall–Kier alpha value is -2.76. The van der Waals surface area contributed by atoms with Crippen LogP contribution in [0.4, 0.5) is 22.0 Å². The normalized spacial score (nSPS) is 19.5. The van der Waals surface area contributed by atoms with Gasteiger partial charge in [0.15, 0.2) is 0 Å². The molecule has 7 nitrogen and oxygen atoms in total. The van der Waals surface area contributed by atoms with Crippen molar-refractivity contribution in [2.45, 2.75) is 94.4 Å². The summed E-state index contributed by atoms with van der Waals surface area (Å²) in [5.41, 5.74) is 0. The average molecular weight is 560 g/mol. The Balaban J connectivity index is 1.43. The highest BCUT2D eigenvalue weighted by Crippen LogP contribution is 2.41. The number of nitrogens with one attached hydrogen (secondary N) is 3. The van der Waals surface area contributed by atoms with Crippen molar-refractivity contribution in [1.29, 1.82) is 0 Å². The Kier molecular flexibility index (Phi) is 9.13. The minimum absolute atomic E-state index is 0.0872. The summed E-state index contributed by atoms with van der Waals surface area (Å²) in [4.78, 5) is 38.4. The largest absolute Gasteiger partial charge is 0.432 e. The third-order valence-corrected chi connectivity index (χ3v) is 7.30. The van der Waals surface area contributed by atoms with Crippen molar-refractivity contribution in [3.05, 3.63) is 30.1 Å². The monoisotopic (exact) mass is 559 g/mol. The topological polar surface area (TPSA) is 96.5 Å². The van der Waals surface area contributed by atoms with Crippen molar-refractivity contribution in [3.63, 3.8) is 0 Å². The number of benzene rings is 1. The van der Waals surface area contributed by atoms with E-state index in [0.29, 0.717) is 12.8 Å². The van der Waals surface area contributed by atoms with Crippen LogP contribution in [0.1, 0.15) is 64.2 Å². The predicted molar refractivity (Wildman–Crippen MR) is 131 cm³/mol. The van der Waals surface area contributed by atoms with E-state index in [0.717, 1.165) is 56.4 Å². The second-order valence-electron chi connectivity index (χ2n) is 11.0. The van der Waals surface area contributed by atoms with Crippen molar-refractivity contribution >= 4 is 17.6 Å². The van der Waals surface area contributed by atoms with E-state index in [1.165, 1.54) is 0 Å². The number of hydrogen-bond donors (Lipinski definition) is 3. The van der Waals surface area contributed by atoms with E-state index in [1.54, 1.807) is 0 Å². The number of ether oxygens (including phenoxy) is 1. The lowest BCUT2D eigenvalue weighted by molar-refractivity contribution is -0.174. The Morgan fingerprint density at radius 1 is 0.923 bits per heavy atom. The molecule has 3 fully saturated rings. The van der Waals surface area contributed by atoms with Gasteiger partial charge in [0.05, 0.1) is 12.1 Å². The molecule has 1 aromatic rings. The van der Waals surface area contributed by atoms with E-state index in [9.17, 15) is 36.3 Å². The quantitative estimate of drug-likeness (QED) is 0.209. The molecule has 1 aromatic carbocycles. The number of halogens is 5. The molecule has 0 heterocycles. The van der Waals surface area contributed by atoms with Crippen LogP contribution in [-0.2, 0) is 14.4 Å². The van der Waals surface area contributed by atoms with Gasteiger partial charge >= 0.3 is 6.11 Å². The molecule has 3 saturated carbocycles. The van der Waals surface area contributed by atoms with Crippen LogP contribution in [0.2, 0.25) is 0 Å². The number of alkyl halides is 4. The minimum Gasteiger partial charge on any atom is -0.432 e. The first-order valence-electron chi connectivity index (χ1n) is 13.5. The molecule has 0 saturated heterocycles. The highest BCUT2D eigenvalue weighted by atomic mass is 19.3. The van der Waals surface area contributed by atoms with Crippen molar-refractivity contribution in [2.75, 3.05) is 6.54 Å². The number of Topliss-reactive ketones (excluding diaryl/α,β-unsaturated/α-hetero) is 1. The van der Waals surface area contributed by atoms with Crippen molar-refractivity contribution in [3.8, 4) is 5.75 Å². The second-order valence-corrected chi connectivity index (χ2v) is 11.0. The fourth-order valence-corrected chi connectivity index (χ4v) is 4.55. The van der Waals surface area contributed by atoms with Crippen LogP contribution in [0.5, 0.6) is 5.75 Å². The molecule has 0 aliphatic heterocycles. The summed E-state index contributed by atoms with van der Waals surface area (Å²) in [6.07, 6.45) is 0.00424. The zero-order chi connectivity index (χ0) is 28.2. The zero-order valence-corrected chi connectivity index (χ0v) is 21.5. The van der Waals surface area contributed by atoms with Gasteiger partial charge in [-0.3, -0.25) is 19.7 Å². The maximum Gasteiger partial charge on any atom is 0.410 e. The molecular weight excluding hydrogens is 525 g/mol. The van der Waals surface area contributed by atoms with Crippen LogP contribution in [0.25, 0.3) is 0 Å². The van der Waals surface area contributed by atoms with E-state index in [-0.39, 0.29) is 30.0 Å². The Morgan fingerprint density at radius 2 is 1.59 bits per heavy atom. The molecule has 216 valence electrons. The molecule has 3 aliphatic rings. The van der Waals surface area contributed by atoms with Crippen LogP contribution >= 0.6 is 0 Å². The molecule has 0 spiro atoms. The average Bonchev–Trinajstić information content (AvgIpc) is 3.76. The maximum atomic E-state index is 14.8. The van der Waals surface area contributed by atoms with Crippen LogP contribution in [0.15, 0.2) is 24.3 Å². The molecule has 0 bridgehead atoms. The van der Waals surface area contributed by atoms with Gasteiger partial charge < -0.3 is 15.4 Å². The number of carbonyl (C=O) groups is 3. The standard InChI is InChI=1S/C27H34F5N3O4/c28-18-6-10-20(11-7-18)39-27(31,32)15-33-22(14-26(29,30)13-17-4-5-17)24(37)35-21(12-16-2-1-3-16)23(36)25(38)34-19-8-9-19/h6-7,10-11,16-17,19,21-22,33H,1-5,8-9,12-15H2,(H,34,38)(H,35,37). The lowest BCUT2D eigenvalue weighted by Crippen LogP contribution is -2.56. The van der Waals surface area contributed by atoms with E-state index in [1.807, 2.05) is 0 Å². The Morgan fingerprint density at radius 3 is 2.15 bits per heavy atom. The van der Waals surface area contributed by atoms with E-state index < -0.39 is 66.9 Å². The summed E-state index contributed by atoms with van der Waals surface area (Å²) in [6, 6.07) is 0.684. The fraction of sp³-hybridized carbons (Fsp3) is 0.667. The molecule has 0 radical (unpaired) electrons. The Bertz CT molecular complexity index is 1030. The van der Waals surface area contributed by atoms with Crippen molar-refractivity contribution in [2.24, 2.45) is 11.8 Å². The summed E-state index contributed by atoms with van der Waals surface area (Å²) >= 11 is 0. The first-order valence-corrected chi connectivity index (χ1v) is 13.5. The first kappa shape index (κ1) is 29.2. The number of ketones is 1. The van der Waals surface area contributed by atoms with Gasteiger partial charge in [0.2, 0.25) is 17.6 Å². The molecule has 39 heavy (non-hydrogen) atoms. The minimum atomic E-state index is -3.92. The molecule has 12 heteroatoms. The van der Waals surface area contributed by atoms with Gasteiger partial charge in [-0.15, -0.1) is 0 Å². The van der Waals surface area contributed by atoms with Gasteiger partial charge in [-0.2, -0.15) is 8.78 Å². The predicted octanol–water partition coefficient (Wildman–Crippen LogP) is 4.10. The maximum absolute atomic E-state index is 14.8. The van der Waals surface area contributed by atoms with E-state index in [2.05, 4.69) is 20.7 Å². The third-order valence-electron chi connectivity index (χ3n) is 7.30. The highest BCUT2D eigenvalue weighted by Gasteiger charge is 2.43. The molecular formula is C27H34F5N3O4. The van der Waals surface area contributed by atoms with Gasteiger partial charge in [-0.05, 0) is 68.2 Å². The molecule has 3 aliphatic carbocycles. The molecule has 2 unspecified atom stereocenters. The summed E-state index contributed by atoms with van der Waals surface area (Å²) in [7, 11) is 0. The van der Waals surface area contributed by atoms with E-state index >= 15 is 0 Å². The summed E-state index contributed by atoms with van der Waals surface area (Å²) in [5, 5.41) is 7.16. The van der Waals surface area contributed by atoms with Crippen LogP contribution in [0.3, 0.4) is 0 Å². The highest BCUT2D eigenvalue weighted by molar-refractivity contribution is 6.38. The number of amides is 2. The SMILES string of the molecule is O=C(NC1CC1)C(=O)C(CC1CCC1)NC(=O)C(CC(F)(F)CC1CC1)NCC(F)(F)Oc1ccc(F)cc1. The first-order chi connectivity index (χ1) is 18.4. The molecule has 2 amide bonds. The van der Waals surface area contributed by atoms with Crippen LogP contribution < -0.4 is 20.7 Å². The van der Waals surface area contributed by atoms with Crippen LogP contribution in [0, 0.1) is 17.7 Å². The summed E-state index contributed by atoms with van der Waals surface area (Å²) in [5.74, 6) is -7.23. The van der Waals surface area contributed by atoms with Gasteiger partial charge in [-0.1, -0.05) is 19.3 Å². The number of carbonyl (C=O) groups excluding carboxylic acids is 3. The van der Waals surface area contributed by atoms with Gasteiger partial charge in [-0.25, -0.2) is 13.2 Å². The van der Waals surface area contributed by atoms with Gasteiger partial charge in [0.1, 0.15) is 18.1 Å². The summed E-state index contributed by atoms with van der Waals surface area (Å²) in [6.45, 7) is -1.30. The number of rotatable bonds is 16. The van der Waals surface area contributed by atoms with Gasteiger partial charge in [0, 0.05) is 18.9 Å². The van der Waals surface area contributed by atoms with Crippen LogP contribution in [-0.4, -0.2) is 54.3 Å². The van der Waals surface area contributed by atoms with Crippen molar-refractivity contribution in [1.82, 2.24) is 16.0 Å². The smallest absolute Gasteiger partial charge is 0.410 e. The Labute approximate surface area is 223 Å². The third kappa shape index (κ3) is 9.44. The lowest BCUT2D eigenvalue weighted by atomic mass is 9.80. The van der Waals surface area contributed by atoms with E-state index in [4.69, 9.17) is 0 Å². The molecule has 3 N–H and O–H groups in total. The number of hydrogen-bond acceptors (Lipinski definition) is 5. The summed E-state index contributed by atoms with van der Waals surface area (Å²) < 4.78 is 76.3. The van der Waals surface area contributed by atoms with Gasteiger partial charge in [0.25, 0.3) is 5.91 Å². The molecule has 2 atom stereocenters. The second kappa shape index (κ2) is 12.2. The molecule has 4 rings (SSSR count). The fourth-order valence-electron chi connectivity index (χ4n) is 4.55. The lowest BCUT2D eigenvalue weighted by Gasteiger charge is -2.31. The zero-order valence-electron chi connectivity index (χ0n) is 21.5. The molecule has 0 aromatic heterocycles. The van der Waals surface area contributed by atoms with Crippen molar-refractivity contribution < 1.29 is 41.1 Å².